The molecule has 2 fully saturated rings. The van der Waals surface area contributed by atoms with Gasteiger partial charge in [0.2, 0.25) is 0 Å². The fourth-order valence-corrected chi connectivity index (χ4v) is 6.17. The van der Waals surface area contributed by atoms with E-state index in [1.54, 1.807) is 0 Å². The molecule has 2 saturated carbocycles. The van der Waals surface area contributed by atoms with E-state index in [0.29, 0.717) is 18.6 Å². The van der Waals surface area contributed by atoms with Crippen molar-refractivity contribution in [1.82, 2.24) is 9.66 Å². The van der Waals surface area contributed by atoms with Crippen LogP contribution in [0.4, 0.5) is 5.69 Å². The minimum atomic E-state index is -0.607. The zero-order chi connectivity index (χ0) is 23.5. The molecule has 5 rings (SSSR count). The third-order valence-corrected chi connectivity index (χ3v) is 8.10. The molecule has 34 heavy (non-hydrogen) atoms. The van der Waals surface area contributed by atoms with Gasteiger partial charge < -0.3 is 26.9 Å². The summed E-state index contributed by atoms with van der Waals surface area (Å²) >= 11 is 0. The lowest BCUT2D eigenvalue weighted by atomic mass is 9.71. The summed E-state index contributed by atoms with van der Waals surface area (Å²) in [6.07, 6.45) is 17.2. The normalized spacial score (nSPS) is 31.2. The standard InChI is InChI=1S/C27H40N6O/c1-2-34-24-13-11-23(12-14-24)31-25-18-27(29,32-33-16-15-30-26(25)33)21-7-3-19(4-8-21)17-20-5-9-22(28)10-6-20/h11-16,18-22,31-32H,2-10,17,28-29H2,1H3. The van der Waals surface area contributed by atoms with Crippen LogP contribution in [-0.4, -0.2) is 28.0 Å². The molecule has 7 heteroatoms. The van der Waals surface area contributed by atoms with Crippen molar-refractivity contribution in [3.05, 3.63) is 48.6 Å². The van der Waals surface area contributed by atoms with Crippen molar-refractivity contribution < 1.29 is 4.74 Å². The van der Waals surface area contributed by atoms with Crippen LogP contribution in [0.3, 0.4) is 0 Å². The van der Waals surface area contributed by atoms with E-state index in [2.05, 4.69) is 21.8 Å². The maximum Gasteiger partial charge on any atom is 0.174 e. The molecule has 1 aromatic heterocycles. The maximum atomic E-state index is 7.05. The number of hydrogen-bond acceptors (Lipinski definition) is 6. The predicted molar refractivity (Wildman–Crippen MR) is 138 cm³/mol. The monoisotopic (exact) mass is 464 g/mol. The molecule has 6 N–H and O–H groups in total. The first kappa shape index (κ1) is 23.2. The molecule has 2 aromatic rings. The van der Waals surface area contributed by atoms with Crippen LogP contribution in [0.15, 0.2) is 42.7 Å². The highest BCUT2D eigenvalue weighted by atomic mass is 16.5. The molecule has 0 amide bonds. The zero-order valence-electron chi connectivity index (χ0n) is 20.4. The Labute approximate surface area is 203 Å². The van der Waals surface area contributed by atoms with Crippen molar-refractivity contribution in [3.8, 4) is 5.75 Å². The van der Waals surface area contributed by atoms with Crippen molar-refractivity contribution in [3.63, 3.8) is 0 Å². The summed E-state index contributed by atoms with van der Waals surface area (Å²) < 4.78 is 7.54. The van der Waals surface area contributed by atoms with Crippen molar-refractivity contribution >= 4 is 11.4 Å². The van der Waals surface area contributed by atoms with Gasteiger partial charge in [0, 0.05) is 30.0 Å². The van der Waals surface area contributed by atoms with Gasteiger partial charge in [0.15, 0.2) is 5.82 Å². The van der Waals surface area contributed by atoms with E-state index in [4.69, 9.17) is 16.2 Å². The molecule has 2 heterocycles. The molecule has 2 aliphatic carbocycles. The van der Waals surface area contributed by atoms with Gasteiger partial charge in [-0.1, -0.05) is 12.8 Å². The zero-order valence-corrected chi connectivity index (χ0v) is 20.4. The van der Waals surface area contributed by atoms with Gasteiger partial charge in [-0.15, -0.1) is 0 Å². The van der Waals surface area contributed by atoms with Crippen molar-refractivity contribution in [2.75, 3.05) is 17.3 Å². The Kier molecular flexibility index (Phi) is 6.84. The highest BCUT2D eigenvalue weighted by molar-refractivity contribution is 5.76. The van der Waals surface area contributed by atoms with Crippen LogP contribution in [0, 0.1) is 17.8 Å². The molecule has 1 aromatic carbocycles. The summed E-state index contributed by atoms with van der Waals surface area (Å²) in [4.78, 5) is 4.55. The number of anilines is 1. The number of benzene rings is 1. The lowest BCUT2D eigenvalue weighted by molar-refractivity contribution is 0.174. The largest absolute Gasteiger partial charge is 0.494 e. The summed E-state index contributed by atoms with van der Waals surface area (Å²) in [5, 5.41) is 3.55. The second-order valence-corrected chi connectivity index (χ2v) is 10.5. The van der Waals surface area contributed by atoms with E-state index < -0.39 is 5.66 Å². The lowest BCUT2D eigenvalue weighted by Crippen LogP contribution is -2.58. The van der Waals surface area contributed by atoms with Crippen LogP contribution in [0.1, 0.15) is 70.5 Å². The SMILES string of the molecule is CCOc1ccc(NC2=CC(N)(C3CCC(CC4CCC(N)CC4)CC3)Nn3ccnc32)cc1. The van der Waals surface area contributed by atoms with Gasteiger partial charge in [-0.2, -0.15) is 0 Å². The van der Waals surface area contributed by atoms with Gasteiger partial charge in [0.25, 0.3) is 0 Å². The lowest BCUT2D eigenvalue weighted by Gasteiger charge is -2.43. The van der Waals surface area contributed by atoms with Crippen molar-refractivity contribution in [2.24, 2.45) is 29.2 Å². The van der Waals surface area contributed by atoms with Gasteiger partial charge in [0.1, 0.15) is 11.4 Å². The number of nitrogens with two attached hydrogens (primary N) is 2. The number of imidazole rings is 1. The summed E-state index contributed by atoms with van der Waals surface area (Å²) in [5.41, 5.74) is 18.0. The predicted octanol–water partition coefficient (Wildman–Crippen LogP) is 4.66. The Hall–Kier alpha value is -2.51. The van der Waals surface area contributed by atoms with E-state index in [1.807, 2.05) is 48.3 Å². The molecule has 0 radical (unpaired) electrons. The van der Waals surface area contributed by atoms with Crippen LogP contribution < -0.4 is 26.9 Å². The first-order valence-electron chi connectivity index (χ1n) is 13.1. The maximum absolute atomic E-state index is 7.05. The van der Waals surface area contributed by atoms with Crippen LogP contribution in [0.25, 0.3) is 5.70 Å². The van der Waals surface area contributed by atoms with Crippen molar-refractivity contribution in [2.45, 2.75) is 76.4 Å². The number of ether oxygens (including phenoxy) is 1. The highest BCUT2D eigenvalue weighted by Gasteiger charge is 2.40. The fourth-order valence-electron chi connectivity index (χ4n) is 6.17. The van der Waals surface area contributed by atoms with Crippen LogP contribution in [0.2, 0.25) is 0 Å². The molecule has 1 aliphatic heterocycles. The summed E-state index contributed by atoms with van der Waals surface area (Å²) in [7, 11) is 0. The minimum absolute atomic E-state index is 0.385. The number of hydrogen-bond donors (Lipinski definition) is 4. The van der Waals surface area contributed by atoms with E-state index in [1.165, 1.54) is 44.9 Å². The smallest absolute Gasteiger partial charge is 0.174 e. The summed E-state index contributed by atoms with van der Waals surface area (Å²) in [6.45, 7) is 2.65. The number of rotatable bonds is 7. The average Bonchev–Trinajstić information content (AvgIpc) is 3.31. The molecule has 0 bridgehead atoms. The fraction of sp³-hybridized carbons (Fsp3) is 0.593. The van der Waals surface area contributed by atoms with Crippen LogP contribution in [0.5, 0.6) is 5.75 Å². The molecule has 3 aliphatic rings. The molecule has 7 nitrogen and oxygen atoms in total. The van der Waals surface area contributed by atoms with Crippen LogP contribution >= 0.6 is 0 Å². The second-order valence-electron chi connectivity index (χ2n) is 10.5. The van der Waals surface area contributed by atoms with E-state index in [0.717, 1.165) is 47.6 Å². The number of nitrogens with one attached hydrogen (secondary N) is 2. The second kappa shape index (κ2) is 10.0. The van der Waals surface area contributed by atoms with Gasteiger partial charge in [-0.25, -0.2) is 9.66 Å². The highest BCUT2D eigenvalue weighted by Crippen LogP contribution is 2.41. The van der Waals surface area contributed by atoms with Crippen molar-refractivity contribution in [1.29, 1.82) is 0 Å². The molecule has 184 valence electrons. The topological polar surface area (TPSA) is 103 Å². The van der Waals surface area contributed by atoms with E-state index in [-0.39, 0.29) is 0 Å². The van der Waals surface area contributed by atoms with Crippen LogP contribution in [-0.2, 0) is 0 Å². The molecular weight excluding hydrogens is 424 g/mol. The molecular formula is C27H40N6O. The van der Waals surface area contributed by atoms with Gasteiger partial charge in [-0.05, 0) is 94.0 Å². The summed E-state index contributed by atoms with van der Waals surface area (Å²) in [5.74, 6) is 3.81. The Morgan fingerprint density at radius 3 is 2.41 bits per heavy atom. The Bertz CT molecular complexity index is 969. The molecule has 0 saturated heterocycles. The Balaban J connectivity index is 1.25. The third kappa shape index (κ3) is 5.10. The number of fused-ring (bicyclic) bond motifs is 1. The Morgan fingerprint density at radius 2 is 1.74 bits per heavy atom. The molecule has 0 spiro atoms. The minimum Gasteiger partial charge on any atom is -0.494 e. The quantitative estimate of drug-likeness (QED) is 0.475. The first-order valence-corrected chi connectivity index (χ1v) is 13.1. The number of nitrogens with zero attached hydrogens (tertiary/aromatic N) is 2. The van der Waals surface area contributed by atoms with Gasteiger partial charge in [0.05, 0.1) is 12.3 Å². The first-order chi connectivity index (χ1) is 16.5. The number of aromatic nitrogens is 2. The molecule has 1 unspecified atom stereocenters. The molecule has 1 atom stereocenters. The summed E-state index contributed by atoms with van der Waals surface area (Å²) in [6, 6.07) is 8.46. The Morgan fingerprint density at radius 1 is 1.06 bits per heavy atom. The van der Waals surface area contributed by atoms with E-state index >= 15 is 0 Å². The van der Waals surface area contributed by atoms with E-state index in [9.17, 15) is 0 Å². The van der Waals surface area contributed by atoms with Gasteiger partial charge in [-0.3, -0.25) is 0 Å². The average molecular weight is 465 g/mol. The third-order valence-electron chi connectivity index (χ3n) is 8.10. The van der Waals surface area contributed by atoms with Gasteiger partial charge >= 0.3 is 0 Å².